The van der Waals surface area contributed by atoms with Crippen LogP contribution < -0.4 is 4.72 Å². The molecule has 1 fully saturated rings. The van der Waals surface area contributed by atoms with Gasteiger partial charge in [-0.15, -0.1) is 0 Å². The molecule has 27 heavy (non-hydrogen) atoms. The molecule has 0 saturated carbocycles. The Morgan fingerprint density at radius 2 is 1.89 bits per heavy atom. The second kappa shape index (κ2) is 7.78. The standard InChI is InChI=1S/C20H23FN2O3S/c1-14(2)22-27(25,26)18-6-3-5-16(13-18)20(24)23-12-4-7-19(23)15-8-10-17(21)11-9-15/h3,5-6,8-11,13-14,19,22H,4,7,12H2,1-2H3. The van der Waals surface area contributed by atoms with Crippen molar-refractivity contribution >= 4 is 15.9 Å². The molecule has 1 amide bonds. The predicted molar refractivity (Wildman–Crippen MR) is 101 cm³/mol. The van der Waals surface area contributed by atoms with Gasteiger partial charge < -0.3 is 4.90 Å². The summed E-state index contributed by atoms with van der Waals surface area (Å²) in [5, 5.41) is 0. The number of likely N-dealkylation sites (tertiary alicyclic amines) is 1. The minimum Gasteiger partial charge on any atom is -0.332 e. The number of carbonyl (C=O) groups is 1. The SMILES string of the molecule is CC(C)NS(=O)(=O)c1cccc(C(=O)N2CCCC2c2ccc(F)cc2)c1. The third-order valence-electron chi connectivity index (χ3n) is 4.55. The molecule has 1 saturated heterocycles. The van der Waals surface area contributed by atoms with Crippen molar-refractivity contribution < 1.29 is 17.6 Å². The lowest BCUT2D eigenvalue weighted by Gasteiger charge is -2.25. The van der Waals surface area contributed by atoms with Gasteiger partial charge in [-0.25, -0.2) is 17.5 Å². The van der Waals surface area contributed by atoms with Crippen molar-refractivity contribution in [3.63, 3.8) is 0 Å². The maximum Gasteiger partial charge on any atom is 0.254 e. The van der Waals surface area contributed by atoms with E-state index in [0.29, 0.717) is 12.1 Å². The van der Waals surface area contributed by atoms with Gasteiger partial charge in [-0.1, -0.05) is 18.2 Å². The fraction of sp³-hybridized carbons (Fsp3) is 0.350. The van der Waals surface area contributed by atoms with E-state index in [4.69, 9.17) is 0 Å². The first-order valence-electron chi connectivity index (χ1n) is 8.97. The first-order valence-corrected chi connectivity index (χ1v) is 10.4. The van der Waals surface area contributed by atoms with Crippen molar-refractivity contribution in [1.29, 1.82) is 0 Å². The summed E-state index contributed by atoms with van der Waals surface area (Å²) in [4.78, 5) is 14.8. The number of amides is 1. The molecule has 1 N–H and O–H groups in total. The van der Waals surface area contributed by atoms with Crippen LogP contribution in [0.4, 0.5) is 4.39 Å². The first-order chi connectivity index (χ1) is 12.8. The van der Waals surface area contributed by atoms with Gasteiger partial charge >= 0.3 is 0 Å². The summed E-state index contributed by atoms with van der Waals surface area (Å²) in [6, 6.07) is 11.9. The lowest BCUT2D eigenvalue weighted by molar-refractivity contribution is 0.0735. The van der Waals surface area contributed by atoms with Crippen LogP contribution in [0, 0.1) is 5.82 Å². The molecule has 0 radical (unpaired) electrons. The van der Waals surface area contributed by atoms with E-state index in [9.17, 15) is 17.6 Å². The molecule has 1 unspecified atom stereocenters. The van der Waals surface area contributed by atoms with Crippen LogP contribution in [0.15, 0.2) is 53.4 Å². The van der Waals surface area contributed by atoms with E-state index in [0.717, 1.165) is 18.4 Å². The van der Waals surface area contributed by atoms with Crippen molar-refractivity contribution in [3.8, 4) is 0 Å². The molecule has 1 atom stereocenters. The van der Waals surface area contributed by atoms with Gasteiger partial charge in [-0.3, -0.25) is 4.79 Å². The highest BCUT2D eigenvalue weighted by Crippen LogP contribution is 2.33. The molecule has 7 heteroatoms. The lowest BCUT2D eigenvalue weighted by Crippen LogP contribution is -2.32. The number of nitrogens with zero attached hydrogens (tertiary/aromatic N) is 1. The molecule has 1 aliphatic heterocycles. The Morgan fingerprint density at radius 3 is 2.56 bits per heavy atom. The topological polar surface area (TPSA) is 66.5 Å². The number of hydrogen-bond acceptors (Lipinski definition) is 3. The van der Waals surface area contributed by atoms with Crippen LogP contribution in [0.3, 0.4) is 0 Å². The zero-order valence-corrected chi connectivity index (χ0v) is 16.2. The van der Waals surface area contributed by atoms with E-state index in [1.165, 1.54) is 24.3 Å². The number of rotatable bonds is 5. The second-order valence-corrected chi connectivity index (χ2v) is 8.73. The highest BCUT2D eigenvalue weighted by molar-refractivity contribution is 7.89. The molecule has 3 rings (SSSR count). The second-order valence-electron chi connectivity index (χ2n) is 7.01. The van der Waals surface area contributed by atoms with E-state index in [1.54, 1.807) is 43.0 Å². The molecule has 2 aromatic carbocycles. The van der Waals surface area contributed by atoms with Crippen molar-refractivity contribution in [2.45, 2.75) is 43.7 Å². The largest absolute Gasteiger partial charge is 0.332 e. The van der Waals surface area contributed by atoms with E-state index < -0.39 is 10.0 Å². The summed E-state index contributed by atoms with van der Waals surface area (Å²) >= 11 is 0. The Balaban J connectivity index is 1.87. The zero-order valence-electron chi connectivity index (χ0n) is 15.4. The van der Waals surface area contributed by atoms with Gasteiger partial charge in [-0.2, -0.15) is 0 Å². The molecular formula is C20H23FN2O3S. The molecule has 0 aromatic heterocycles. The van der Waals surface area contributed by atoms with Gasteiger partial charge in [0.05, 0.1) is 10.9 Å². The third kappa shape index (κ3) is 4.36. The van der Waals surface area contributed by atoms with E-state index in [-0.39, 0.29) is 28.7 Å². The van der Waals surface area contributed by atoms with Gasteiger partial charge in [0.15, 0.2) is 0 Å². The number of halogens is 1. The van der Waals surface area contributed by atoms with E-state index in [2.05, 4.69) is 4.72 Å². The van der Waals surface area contributed by atoms with Crippen LogP contribution in [-0.2, 0) is 10.0 Å². The van der Waals surface area contributed by atoms with Crippen LogP contribution in [0.25, 0.3) is 0 Å². The maximum atomic E-state index is 13.2. The van der Waals surface area contributed by atoms with Gasteiger partial charge in [0.1, 0.15) is 5.82 Å². The Morgan fingerprint density at radius 1 is 1.19 bits per heavy atom. The van der Waals surface area contributed by atoms with Crippen LogP contribution >= 0.6 is 0 Å². The molecule has 0 bridgehead atoms. The van der Waals surface area contributed by atoms with Crippen molar-refractivity contribution in [3.05, 3.63) is 65.5 Å². The normalized spacial score (nSPS) is 17.5. The number of hydrogen-bond donors (Lipinski definition) is 1. The average Bonchev–Trinajstić information content (AvgIpc) is 3.10. The number of benzene rings is 2. The van der Waals surface area contributed by atoms with Crippen LogP contribution in [0.1, 0.15) is 48.7 Å². The first kappa shape index (κ1) is 19.5. The van der Waals surface area contributed by atoms with Gasteiger partial charge in [-0.05, 0) is 62.6 Å². The fourth-order valence-corrected chi connectivity index (χ4v) is 4.68. The van der Waals surface area contributed by atoms with Crippen molar-refractivity contribution in [1.82, 2.24) is 9.62 Å². The predicted octanol–water partition coefficient (Wildman–Crippen LogP) is 3.49. The molecule has 0 spiro atoms. The number of carbonyl (C=O) groups excluding carboxylic acids is 1. The van der Waals surface area contributed by atoms with Gasteiger partial charge in [0.25, 0.3) is 5.91 Å². The lowest BCUT2D eigenvalue weighted by atomic mass is 10.0. The molecule has 5 nitrogen and oxygen atoms in total. The summed E-state index contributed by atoms with van der Waals surface area (Å²) in [6.07, 6.45) is 1.64. The Labute approximate surface area is 159 Å². The van der Waals surface area contributed by atoms with Crippen LogP contribution in [-0.4, -0.2) is 31.8 Å². The quantitative estimate of drug-likeness (QED) is 0.850. The minimum absolute atomic E-state index is 0.0691. The Hall–Kier alpha value is -2.25. The van der Waals surface area contributed by atoms with Crippen LogP contribution in [0.2, 0.25) is 0 Å². The molecule has 1 heterocycles. The summed E-state index contributed by atoms with van der Waals surface area (Å²) in [7, 11) is -3.67. The summed E-state index contributed by atoms with van der Waals surface area (Å²) in [5.74, 6) is -0.534. The van der Waals surface area contributed by atoms with Crippen LogP contribution in [0.5, 0.6) is 0 Å². The number of sulfonamides is 1. The fourth-order valence-electron chi connectivity index (χ4n) is 3.38. The Bertz CT molecular complexity index is 926. The monoisotopic (exact) mass is 390 g/mol. The smallest absolute Gasteiger partial charge is 0.254 e. The Kier molecular flexibility index (Phi) is 5.62. The third-order valence-corrected chi connectivity index (χ3v) is 6.21. The maximum absolute atomic E-state index is 13.2. The minimum atomic E-state index is -3.67. The van der Waals surface area contributed by atoms with Gasteiger partial charge in [0.2, 0.25) is 10.0 Å². The summed E-state index contributed by atoms with van der Waals surface area (Å²) < 4.78 is 40.5. The van der Waals surface area contributed by atoms with Crippen molar-refractivity contribution in [2.75, 3.05) is 6.54 Å². The molecule has 2 aromatic rings. The molecular weight excluding hydrogens is 367 g/mol. The average molecular weight is 390 g/mol. The number of nitrogens with one attached hydrogen (secondary N) is 1. The highest BCUT2D eigenvalue weighted by Gasteiger charge is 2.31. The molecule has 144 valence electrons. The summed E-state index contributed by atoms with van der Waals surface area (Å²) in [5.41, 5.74) is 1.21. The highest BCUT2D eigenvalue weighted by atomic mass is 32.2. The summed E-state index contributed by atoms with van der Waals surface area (Å²) in [6.45, 7) is 4.07. The molecule has 0 aliphatic carbocycles. The van der Waals surface area contributed by atoms with Gasteiger partial charge in [0, 0.05) is 18.2 Å². The zero-order chi connectivity index (χ0) is 19.6. The van der Waals surface area contributed by atoms with E-state index >= 15 is 0 Å². The van der Waals surface area contributed by atoms with Crippen molar-refractivity contribution in [2.24, 2.45) is 0 Å². The molecule has 1 aliphatic rings. The van der Waals surface area contributed by atoms with E-state index in [1.807, 2.05) is 0 Å².